The van der Waals surface area contributed by atoms with Crippen LogP contribution in [0.1, 0.15) is 41.9 Å². The number of hydrogen-bond donors (Lipinski definition) is 1. The molecule has 5 nitrogen and oxygen atoms in total. The molecule has 0 bridgehead atoms. The van der Waals surface area contributed by atoms with E-state index >= 15 is 0 Å². The van der Waals surface area contributed by atoms with E-state index in [1.54, 1.807) is 13.1 Å². The number of likely N-dealkylation sites (tertiary alicyclic amines) is 1. The highest BCUT2D eigenvalue weighted by atomic mass is 16.4. The van der Waals surface area contributed by atoms with Crippen LogP contribution in [0.4, 0.5) is 0 Å². The Morgan fingerprint density at radius 3 is 2.53 bits per heavy atom. The number of hydrogen-bond acceptors (Lipinski definition) is 3. The highest BCUT2D eigenvalue weighted by molar-refractivity contribution is 5.85. The molecule has 2 rings (SSSR count). The lowest BCUT2D eigenvalue weighted by Gasteiger charge is -2.17. The first kappa shape index (κ1) is 12.1. The van der Waals surface area contributed by atoms with E-state index in [9.17, 15) is 4.79 Å². The Labute approximate surface area is 101 Å². The Kier molecular flexibility index (Phi) is 3.78. The second-order valence-electron chi connectivity index (χ2n) is 4.64. The van der Waals surface area contributed by atoms with Gasteiger partial charge in [0, 0.05) is 13.6 Å². The van der Waals surface area contributed by atoms with E-state index in [4.69, 9.17) is 5.11 Å². The number of aromatic nitrogens is 2. The van der Waals surface area contributed by atoms with Gasteiger partial charge in [-0.25, -0.2) is 4.79 Å². The third kappa shape index (κ3) is 3.06. The molecule has 1 N–H and O–H groups in total. The first-order chi connectivity index (χ1) is 8.16. The number of nitrogens with zero attached hydrogens (tertiary/aromatic N) is 3. The first-order valence-electron chi connectivity index (χ1n) is 6.15. The van der Waals surface area contributed by atoms with Crippen LogP contribution >= 0.6 is 0 Å². The summed E-state index contributed by atoms with van der Waals surface area (Å²) in [5.41, 5.74) is 1.11. The predicted molar refractivity (Wildman–Crippen MR) is 63.9 cm³/mol. The van der Waals surface area contributed by atoms with Crippen LogP contribution in [-0.4, -0.2) is 38.8 Å². The first-order valence-corrected chi connectivity index (χ1v) is 6.15. The number of rotatable bonds is 3. The Morgan fingerprint density at radius 2 is 2.00 bits per heavy atom. The van der Waals surface area contributed by atoms with Gasteiger partial charge < -0.3 is 5.11 Å². The maximum absolute atomic E-state index is 10.9. The fourth-order valence-corrected chi connectivity index (χ4v) is 2.33. The van der Waals surface area contributed by atoms with Crippen LogP contribution in [0.15, 0.2) is 6.07 Å². The minimum atomic E-state index is -0.915. The fourth-order valence-electron chi connectivity index (χ4n) is 2.33. The number of carbonyl (C=O) groups is 1. The Hall–Kier alpha value is -1.36. The van der Waals surface area contributed by atoms with Crippen molar-refractivity contribution >= 4 is 5.97 Å². The molecule has 94 valence electrons. The highest BCUT2D eigenvalue weighted by Gasteiger charge is 2.15. The lowest BCUT2D eigenvalue weighted by molar-refractivity contribution is 0.0685. The van der Waals surface area contributed by atoms with Crippen molar-refractivity contribution < 1.29 is 9.90 Å². The second kappa shape index (κ2) is 5.31. The summed E-state index contributed by atoms with van der Waals surface area (Å²) in [4.78, 5) is 13.3. The van der Waals surface area contributed by atoms with Gasteiger partial charge in [0.1, 0.15) is 5.69 Å². The fraction of sp³-hybridized carbons (Fsp3) is 0.667. The van der Waals surface area contributed by atoms with Crippen LogP contribution < -0.4 is 0 Å². The number of carboxylic acids is 1. The standard InChI is InChI=1S/C12H19N3O2/c1-14-11(12(16)17)8-10(13-14)9-15-6-4-2-3-5-7-15/h8H,2-7,9H2,1H3,(H,16,17). The molecule has 2 heterocycles. The van der Waals surface area contributed by atoms with Crippen molar-refractivity contribution in [2.24, 2.45) is 7.05 Å². The van der Waals surface area contributed by atoms with Crippen LogP contribution in [0, 0.1) is 0 Å². The summed E-state index contributed by atoms with van der Waals surface area (Å²) in [5.74, 6) is -0.915. The van der Waals surface area contributed by atoms with Crippen LogP contribution in [0.25, 0.3) is 0 Å². The molecular formula is C12H19N3O2. The summed E-state index contributed by atoms with van der Waals surface area (Å²) >= 11 is 0. The summed E-state index contributed by atoms with van der Waals surface area (Å²) in [7, 11) is 1.68. The van der Waals surface area contributed by atoms with Crippen molar-refractivity contribution in [1.82, 2.24) is 14.7 Å². The Morgan fingerprint density at radius 1 is 1.35 bits per heavy atom. The van der Waals surface area contributed by atoms with Gasteiger partial charge in [-0.15, -0.1) is 0 Å². The van der Waals surface area contributed by atoms with E-state index in [2.05, 4.69) is 10.00 Å². The normalized spacial score (nSPS) is 17.9. The molecule has 0 unspecified atom stereocenters. The Bertz CT molecular complexity index is 392. The SMILES string of the molecule is Cn1nc(CN2CCCCCC2)cc1C(=O)O. The van der Waals surface area contributed by atoms with Crippen LogP contribution in [0.2, 0.25) is 0 Å². The molecule has 0 spiro atoms. The van der Waals surface area contributed by atoms with E-state index in [0.29, 0.717) is 0 Å². The third-order valence-electron chi connectivity index (χ3n) is 3.23. The minimum absolute atomic E-state index is 0.259. The van der Waals surface area contributed by atoms with Gasteiger partial charge in [-0.2, -0.15) is 5.10 Å². The minimum Gasteiger partial charge on any atom is -0.477 e. The molecule has 17 heavy (non-hydrogen) atoms. The molecule has 1 saturated heterocycles. The molecule has 0 atom stereocenters. The van der Waals surface area contributed by atoms with Gasteiger partial charge in [-0.05, 0) is 32.0 Å². The topological polar surface area (TPSA) is 58.4 Å². The smallest absolute Gasteiger partial charge is 0.354 e. The average molecular weight is 237 g/mol. The largest absolute Gasteiger partial charge is 0.477 e. The van der Waals surface area contributed by atoms with Crippen LogP contribution in [-0.2, 0) is 13.6 Å². The van der Waals surface area contributed by atoms with E-state index in [1.165, 1.54) is 30.4 Å². The van der Waals surface area contributed by atoms with Crippen molar-refractivity contribution in [3.63, 3.8) is 0 Å². The molecule has 0 aromatic carbocycles. The molecule has 1 aromatic heterocycles. The zero-order chi connectivity index (χ0) is 12.3. The number of aryl methyl sites for hydroxylation is 1. The van der Waals surface area contributed by atoms with E-state index in [1.807, 2.05) is 0 Å². The maximum atomic E-state index is 10.9. The summed E-state index contributed by atoms with van der Waals surface area (Å²) in [6, 6.07) is 1.67. The molecule has 0 radical (unpaired) electrons. The zero-order valence-electron chi connectivity index (χ0n) is 10.2. The highest BCUT2D eigenvalue weighted by Crippen LogP contribution is 2.13. The van der Waals surface area contributed by atoms with Crippen molar-refractivity contribution in [2.75, 3.05) is 13.1 Å². The van der Waals surface area contributed by atoms with Gasteiger partial charge in [0.15, 0.2) is 0 Å². The number of aromatic carboxylic acids is 1. The van der Waals surface area contributed by atoms with Crippen molar-refractivity contribution in [2.45, 2.75) is 32.2 Å². The molecular weight excluding hydrogens is 218 g/mol. The molecule has 0 aliphatic carbocycles. The van der Waals surface area contributed by atoms with E-state index < -0.39 is 5.97 Å². The van der Waals surface area contributed by atoms with Crippen molar-refractivity contribution in [3.05, 3.63) is 17.5 Å². The van der Waals surface area contributed by atoms with Crippen molar-refractivity contribution in [1.29, 1.82) is 0 Å². The lowest BCUT2D eigenvalue weighted by Crippen LogP contribution is -2.24. The van der Waals surface area contributed by atoms with E-state index in [-0.39, 0.29) is 5.69 Å². The summed E-state index contributed by atoms with van der Waals surface area (Å²) in [5, 5.41) is 13.2. The third-order valence-corrected chi connectivity index (χ3v) is 3.23. The zero-order valence-corrected chi connectivity index (χ0v) is 10.2. The molecule has 0 amide bonds. The molecule has 1 aliphatic rings. The molecule has 1 aromatic rings. The van der Waals surface area contributed by atoms with E-state index in [0.717, 1.165) is 25.3 Å². The monoisotopic (exact) mass is 237 g/mol. The molecule has 5 heteroatoms. The van der Waals surface area contributed by atoms with Gasteiger partial charge in [0.05, 0.1) is 5.69 Å². The second-order valence-corrected chi connectivity index (χ2v) is 4.64. The van der Waals surface area contributed by atoms with Gasteiger partial charge >= 0.3 is 5.97 Å². The van der Waals surface area contributed by atoms with Crippen LogP contribution in [0.5, 0.6) is 0 Å². The lowest BCUT2D eigenvalue weighted by atomic mass is 10.2. The average Bonchev–Trinajstić information content (AvgIpc) is 2.50. The Balaban J connectivity index is 2.02. The van der Waals surface area contributed by atoms with Crippen LogP contribution in [0.3, 0.4) is 0 Å². The summed E-state index contributed by atoms with van der Waals surface area (Å²) < 4.78 is 1.44. The quantitative estimate of drug-likeness (QED) is 0.865. The summed E-state index contributed by atoms with van der Waals surface area (Å²) in [6.45, 7) is 2.96. The van der Waals surface area contributed by atoms with Crippen molar-refractivity contribution in [3.8, 4) is 0 Å². The van der Waals surface area contributed by atoms with Gasteiger partial charge in [-0.1, -0.05) is 12.8 Å². The maximum Gasteiger partial charge on any atom is 0.354 e. The molecule has 1 aliphatic heterocycles. The molecule has 0 saturated carbocycles. The summed E-state index contributed by atoms with van der Waals surface area (Å²) in [6.07, 6.45) is 5.08. The van der Waals surface area contributed by atoms with Gasteiger partial charge in [-0.3, -0.25) is 9.58 Å². The predicted octanol–water partition coefficient (Wildman–Crippen LogP) is 1.49. The molecule has 1 fully saturated rings. The van der Waals surface area contributed by atoms with Gasteiger partial charge in [0.2, 0.25) is 0 Å². The number of carboxylic acid groups (broad SMARTS) is 1. The van der Waals surface area contributed by atoms with Gasteiger partial charge in [0.25, 0.3) is 0 Å².